The van der Waals surface area contributed by atoms with E-state index >= 15 is 0 Å². The van der Waals surface area contributed by atoms with Gasteiger partial charge in [-0.15, -0.1) is 0 Å². The summed E-state index contributed by atoms with van der Waals surface area (Å²) in [5.74, 6) is -0.222. The van der Waals surface area contributed by atoms with Gasteiger partial charge < -0.3 is 9.84 Å². The molecule has 1 aromatic carbocycles. The number of hydrogen-bond acceptors (Lipinski definition) is 3. The lowest BCUT2D eigenvalue weighted by atomic mass is 10.2. The molecule has 0 bridgehead atoms. The lowest BCUT2D eigenvalue weighted by Crippen LogP contribution is -2.07. The van der Waals surface area contributed by atoms with Crippen LogP contribution in [0.2, 0.25) is 0 Å². The first-order valence-electron chi connectivity index (χ1n) is 6.07. The van der Waals surface area contributed by atoms with Crippen molar-refractivity contribution < 1.29 is 14.6 Å². The SMILES string of the molecule is CCc1cc(C(=O)O)nn1Cc1cccc(OC)c1. The van der Waals surface area contributed by atoms with Crippen molar-refractivity contribution in [2.45, 2.75) is 19.9 Å². The number of carboxylic acids is 1. The second kappa shape index (κ2) is 5.56. The van der Waals surface area contributed by atoms with E-state index < -0.39 is 5.97 Å². The van der Waals surface area contributed by atoms with Gasteiger partial charge in [0.2, 0.25) is 0 Å². The van der Waals surface area contributed by atoms with Gasteiger partial charge in [0.25, 0.3) is 0 Å². The fraction of sp³-hybridized carbons (Fsp3) is 0.286. The highest BCUT2D eigenvalue weighted by Gasteiger charge is 2.12. The van der Waals surface area contributed by atoms with Gasteiger partial charge in [0.1, 0.15) is 5.75 Å². The summed E-state index contributed by atoms with van der Waals surface area (Å²) in [5, 5.41) is 13.1. The van der Waals surface area contributed by atoms with Crippen LogP contribution in [0.25, 0.3) is 0 Å². The highest BCUT2D eigenvalue weighted by molar-refractivity contribution is 5.85. The van der Waals surface area contributed by atoms with E-state index in [0.29, 0.717) is 6.54 Å². The van der Waals surface area contributed by atoms with Crippen LogP contribution in [0, 0.1) is 0 Å². The van der Waals surface area contributed by atoms with Crippen LogP contribution in [0.3, 0.4) is 0 Å². The van der Waals surface area contributed by atoms with Crippen LogP contribution in [-0.4, -0.2) is 28.0 Å². The maximum absolute atomic E-state index is 10.9. The molecule has 0 saturated heterocycles. The molecule has 0 amide bonds. The van der Waals surface area contributed by atoms with E-state index in [-0.39, 0.29) is 5.69 Å². The first kappa shape index (κ1) is 13.1. The van der Waals surface area contributed by atoms with Crippen molar-refractivity contribution in [2.24, 2.45) is 0 Å². The first-order valence-corrected chi connectivity index (χ1v) is 6.07. The zero-order valence-corrected chi connectivity index (χ0v) is 11.0. The number of hydrogen-bond donors (Lipinski definition) is 1. The molecule has 1 heterocycles. The summed E-state index contributed by atoms with van der Waals surface area (Å²) >= 11 is 0. The largest absolute Gasteiger partial charge is 0.497 e. The molecular weight excluding hydrogens is 244 g/mol. The molecule has 0 spiro atoms. The minimum atomic E-state index is -1.00. The van der Waals surface area contributed by atoms with E-state index in [9.17, 15) is 4.79 Å². The Balaban J connectivity index is 2.28. The molecule has 0 aliphatic heterocycles. The Kier molecular flexibility index (Phi) is 3.85. The quantitative estimate of drug-likeness (QED) is 0.895. The maximum atomic E-state index is 10.9. The molecule has 2 aromatic rings. The van der Waals surface area contributed by atoms with E-state index in [4.69, 9.17) is 9.84 Å². The monoisotopic (exact) mass is 260 g/mol. The van der Waals surface area contributed by atoms with Crippen molar-refractivity contribution in [3.05, 3.63) is 47.3 Å². The molecule has 0 aliphatic carbocycles. The predicted octanol–water partition coefficient (Wildman–Crippen LogP) is 2.20. The van der Waals surface area contributed by atoms with E-state index in [1.807, 2.05) is 31.2 Å². The summed E-state index contributed by atoms with van der Waals surface area (Å²) in [4.78, 5) is 10.9. The van der Waals surface area contributed by atoms with Gasteiger partial charge in [-0.3, -0.25) is 4.68 Å². The van der Waals surface area contributed by atoms with Crippen LogP contribution in [0.5, 0.6) is 5.75 Å². The van der Waals surface area contributed by atoms with Crippen molar-refractivity contribution >= 4 is 5.97 Å². The van der Waals surface area contributed by atoms with Gasteiger partial charge in [0.05, 0.1) is 13.7 Å². The normalized spacial score (nSPS) is 10.4. The van der Waals surface area contributed by atoms with Crippen LogP contribution < -0.4 is 4.74 Å². The highest BCUT2D eigenvalue weighted by Crippen LogP contribution is 2.15. The molecule has 0 unspecified atom stereocenters. The van der Waals surface area contributed by atoms with Crippen molar-refractivity contribution in [2.75, 3.05) is 7.11 Å². The summed E-state index contributed by atoms with van der Waals surface area (Å²) in [7, 11) is 1.62. The van der Waals surface area contributed by atoms with Gasteiger partial charge in [0, 0.05) is 5.69 Å². The van der Waals surface area contributed by atoms with E-state index in [1.54, 1.807) is 17.9 Å². The topological polar surface area (TPSA) is 64.3 Å². The number of carbonyl (C=O) groups is 1. The number of nitrogens with zero attached hydrogens (tertiary/aromatic N) is 2. The van der Waals surface area contributed by atoms with Crippen molar-refractivity contribution in [1.82, 2.24) is 9.78 Å². The van der Waals surface area contributed by atoms with Gasteiger partial charge >= 0.3 is 5.97 Å². The summed E-state index contributed by atoms with van der Waals surface area (Å²) in [6.45, 7) is 2.51. The Labute approximate surface area is 111 Å². The number of benzene rings is 1. The Hall–Kier alpha value is -2.30. The van der Waals surface area contributed by atoms with Crippen LogP contribution in [0.15, 0.2) is 30.3 Å². The first-order chi connectivity index (χ1) is 9.13. The number of aryl methyl sites for hydroxylation is 1. The molecule has 0 atom stereocenters. The molecule has 0 radical (unpaired) electrons. The third-order valence-electron chi connectivity index (χ3n) is 2.91. The summed E-state index contributed by atoms with van der Waals surface area (Å²) in [5.41, 5.74) is 2.01. The molecule has 0 saturated carbocycles. The lowest BCUT2D eigenvalue weighted by Gasteiger charge is -2.07. The molecule has 5 nitrogen and oxygen atoms in total. The molecule has 0 aliphatic rings. The Morgan fingerprint density at radius 1 is 1.42 bits per heavy atom. The van der Waals surface area contributed by atoms with Gasteiger partial charge in [-0.25, -0.2) is 4.79 Å². The summed E-state index contributed by atoms with van der Waals surface area (Å²) in [6, 6.07) is 9.27. The summed E-state index contributed by atoms with van der Waals surface area (Å²) < 4.78 is 6.89. The number of ether oxygens (including phenoxy) is 1. The second-order valence-corrected chi connectivity index (χ2v) is 4.19. The highest BCUT2D eigenvalue weighted by atomic mass is 16.5. The van der Waals surface area contributed by atoms with Crippen molar-refractivity contribution in [1.29, 1.82) is 0 Å². The third-order valence-corrected chi connectivity index (χ3v) is 2.91. The molecule has 0 fully saturated rings. The number of aromatic nitrogens is 2. The minimum Gasteiger partial charge on any atom is -0.497 e. The lowest BCUT2D eigenvalue weighted by molar-refractivity contribution is 0.0689. The number of rotatable bonds is 5. The molecular formula is C14H16N2O3. The number of methoxy groups -OCH3 is 1. The Morgan fingerprint density at radius 3 is 2.84 bits per heavy atom. The molecule has 2 rings (SSSR count). The average Bonchev–Trinajstić information content (AvgIpc) is 2.82. The minimum absolute atomic E-state index is 0.0831. The Bertz CT molecular complexity index is 590. The van der Waals surface area contributed by atoms with Crippen LogP contribution >= 0.6 is 0 Å². The standard InChI is InChI=1S/C14H16N2O3/c1-3-11-8-13(14(17)18)15-16(11)9-10-5-4-6-12(7-10)19-2/h4-8H,3,9H2,1-2H3,(H,17,18). The van der Waals surface area contributed by atoms with Gasteiger partial charge in [-0.05, 0) is 30.2 Å². The number of aromatic carboxylic acids is 1. The fourth-order valence-corrected chi connectivity index (χ4v) is 1.93. The smallest absolute Gasteiger partial charge is 0.356 e. The van der Waals surface area contributed by atoms with Gasteiger partial charge in [0.15, 0.2) is 5.69 Å². The van der Waals surface area contributed by atoms with Crippen LogP contribution in [-0.2, 0) is 13.0 Å². The average molecular weight is 260 g/mol. The fourth-order valence-electron chi connectivity index (χ4n) is 1.93. The maximum Gasteiger partial charge on any atom is 0.356 e. The van der Waals surface area contributed by atoms with Crippen molar-refractivity contribution in [3.8, 4) is 5.75 Å². The van der Waals surface area contributed by atoms with E-state index in [2.05, 4.69) is 5.10 Å². The Morgan fingerprint density at radius 2 is 2.21 bits per heavy atom. The van der Waals surface area contributed by atoms with Crippen LogP contribution in [0.4, 0.5) is 0 Å². The summed E-state index contributed by atoms with van der Waals surface area (Å²) in [6.07, 6.45) is 0.740. The number of carboxylic acid groups (broad SMARTS) is 1. The third kappa shape index (κ3) is 2.93. The second-order valence-electron chi connectivity index (χ2n) is 4.19. The zero-order valence-electron chi connectivity index (χ0n) is 11.0. The molecule has 5 heteroatoms. The van der Waals surface area contributed by atoms with Crippen molar-refractivity contribution in [3.63, 3.8) is 0 Å². The molecule has 100 valence electrons. The van der Waals surface area contributed by atoms with E-state index in [0.717, 1.165) is 23.4 Å². The molecule has 1 N–H and O–H groups in total. The van der Waals surface area contributed by atoms with Gasteiger partial charge in [-0.1, -0.05) is 19.1 Å². The van der Waals surface area contributed by atoms with Gasteiger partial charge in [-0.2, -0.15) is 5.10 Å². The molecule has 1 aromatic heterocycles. The van der Waals surface area contributed by atoms with Crippen LogP contribution in [0.1, 0.15) is 28.7 Å². The predicted molar refractivity (Wildman–Crippen MR) is 70.7 cm³/mol. The van der Waals surface area contributed by atoms with E-state index in [1.165, 1.54) is 0 Å². The molecule has 19 heavy (non-hydrogen) atoms. The zero-order chi connectivity index (χ0) is 13.8.